The molecular weight excluding hydrogens is 240 g/mol. The third-order valence-corrected chi connectivity index (χ3v) is 4.55. The lowest BCUT2D eigenvalue weighted by Gasteiger charge is -2.04. The van der Waals surface area contributed by atoms with Crippen LogP contribution in [-0.4, -0.2) is 25.2 Å². The lowest BCUT2D eigenvalue weighted by Crippen LogP contribution is -2.07. The van der Waals surface area contributed by atoms with E-state index in [1.165, 1.54) is 12.1 Å². The maximum atomic E-state index is 11.6. The molecule has 2 rings (SSSR count). The van der Waals surface area contributed by atoms with Crippen LogP contribution in [0.5, 0.6) is 0 Å². The molecule has 1 heterocycles. The molecule has 0 aromatic heterocycles. The predicted molar refractivity (Wildman–Crippen MR) is 54.2 cm³/mol. The van der Waals surface area contributed by atoms with Gasteiger partial charge in [-0.05, 0) is 24.1 Å². The summed E-state index contributed by atoms with van der Waals surface area (Å²) in [6.45, 7) is 0. The average Bonchev–Trinajstić information content (AvgIpc) is 2.44. The van der Waals surface area contributed by atoms with Crippen molar-refractivity contribution in [2.75, 3.05) is 5.75 Å². The van der Waals surface area contributed by atoms with Gasteiger partial charge in [0, 0.05) is 5.02 Å². The highest BCUT2D eigenvalue weighted by Crippen LogP contribution is 2.34. The Labute approximate surface area is 91.4 Å². The zero-order chi connectivity index (χ0) is 11.2. The monoisotopic (exact) mass is 246 g/mol. The van der Waals surface area contributed by atoms with Crippen LogP contribution in [0.25, 0.3) is 0 Å². The van der Waals surface area contributed by atoms with Gasteiger partial charge in [0.05, 0.1) is 16.2 Å². The van der Waals surface area contributed by atoms with E-state index in [1.807, 2.05) is 0 Å². The SMILES string of the molecule is O=C(O)c1ccc(Cl)c2c1S(=O)(=O)CC2. The lowest BCUT2D eigenvalue weighted by molar-refractivity contribution is 0.0692. The number of carboxylic acid groups (broad SMARTS) is 1. The van der Waals surface area contributed by atoms with Gasteiger partial charge < -0.3 is 5.11 Å². The standard InChI is InChI=1S/C9H7ClO4S/c10-7-2-1-6(9(11)12)8-5(7)3-4-15(8,13)14/h1-2H,3-4H2,(H,11,12). The van der Waals surface area contributed by atoms with Crippen LogP contribution in [-0.2, 0) is 16.3 Å². The van der Waals surface area contributed by atoms with Crippen molar-refractivity contribution >= 4 is 27.4 Å². The minimum absolute atomic E-state index is 0.0631. The Morgan fingerprint density at radius 3 is 2.67 bits per heavy atom. The summed E-state index contributed by atoms with van der Waals surface area (Å²) in [5.41, 5.74) is 0.239. The summed E-state index contributed by atoms with van der Waals surface area (Å²) in [5.74, 6) is -1.31. The molecule has 0 unspecified atom stereocenters. The number of hydrogen-bond acceptors (Lipinski definition) is 3. The second-order valence-electron chi connectivity index (χ2n) is 3.28. The molecule has 1 aromatic carbocycles. The summed E-state index contributed by atoms with van der Waals surface area (Å²) < 4.78 is 23.2. The molecule has 0 radical (unpaired) electrons. The van der Waals surface area contributed by atoms with Gasteiger partial charge in [-0.1, -0.05) is 11.6 Å². The maximum Gasteiger partial charge on any atom is 0.337 e. The van der Waals surface area contributed by atoms with E-state index < -0.39 is 15.8 Å². The Morgan fingerprint density at radius 1 is 1.40 bits per heavy atom. The van der Waals surface area contributed by atoms with Crippen molar-refractivity contribution in [2.24, 2.45) is 0 Å². The largest absolute Gasteiger partial charge is 0.478 e. The third kappa shape index (κ3) is 1.52. The van der Waals surface area contributed by atoms with E-state index in [4.69, 9.17) is 16.7 Å². The number of hydrogen-bond donors (Lipinski definition) is 1. The second-order valence-corrected chi connectivity index (χ2v) is 5.73. The van der Waals surface area contributed by atoms with E-state index in [0.717, 1.165) is 0 Å². The maximum absolute atomic E-state index is 11.6. The smallest absolute Gasteiger partial charge is 0.337 e. The summed E-state index contributed by atoms with van der Waals surface area (Å²) in [7, 11) is -3.47. The zero-order valence-corrected chi connectivity index (χ0v) is 9.10. The molecule has 0 atom stereocenters. The Morgan fingerprint density at radius 2 is 2.07 bits per heavy atom. The van der Waals surface area contributed by atoms with Crippen LogP contribution >= 0.6 is 11.6 Å². The molecule has 4 nitrogen and oxygen atoms in total. The average molecular weight is 247 g/mol. The summed E-state index contributed by atoms with van der Waals surface area (Å²) >= 11 is 5.82. The summed E-state index contributed by atoms with van der Waals surface area (Å²) in [5, 5.41) is 9.18. The summed E-state index contributed by atoms with van der Waals surface area (Å²) in [4.78, 5) is 10.7. The van der Waals surface area contributed by atoms with Crippen molar-refractivity contribution in [1.82, 2.24) is 0 Å². The molecule has 1 aromatic rings. The number of sulfone groups is 1. The van der Waals surface area contributed by atoms with Crippen molar-refractivity contribution in [3.05, 3.63) is 28.3 Å². The fraction of sp³-hybridized carbons (Fsp3) is 0.222. The van der Waals surface area contributed by atoms with Crippen LogP contribution in [0.2, 0.25) is 5.02 Å². The van der Waals surface area contributed by atoms with E-state index in [1.54, 1.807) is 0 Å². The number of fused-ring (bicyclic) bond motifs is 1. The van der Waals surface area contributed by atoms with Gasteiger partial charge >= 0.3 is 5.97 Å². The van der Waals surface area contributed by atoms with Crippen LogP contribution in [0.3, 0.4) is 0 Å². The third-order valence-electron chi connectivity index (χ3n) is 2.37. The van der Waals surface area contributed by atoms with Crippen molar-refractivity contribution in [3.63, 3.8) is 0 Å². The van der Waals surface area contributed by atoms with Gasteiger partial charge in [0.25, 0.3) is 0 Å². The van der Waals surface area contributed by atoms with Gasteiger partial charge in [-0.3, -0.25) is 0 Å². The predicted octanol–water partition coefficient (Wildman–Crippen LogP) is 1.37. The molecule has 1 aliphatic heterocycles. The summed E-state index contributed by atoms with van der Waals surface area (Å²) in [6, 6.07) is 2.65. The Bertz CT molecular complexity index is 547. The topological polar surface area (TPSA) is 71.4 Å². The zero-order valence-electron chi connectivity index (χ0n) is 7.53. The van der Waals surface area contributed by atoms with E-state index in [9.17, 15) is 13.2 Å². The first-order valence-electron chi connectivity index (χ1n) is 4.21. The molecule has 1 N–H and O–H groups in total. The van der Waals surface area contributed by atoms with Crippen molar-refractivity contribution in [2.45, 2.75) is 11.3 Å². The van der Waals surface area contributed by atoms with Crippen LogP contribution in [0.4, 0.5) is 0 Å². The number of benzene rings is 1. The van der Waals surface area contributed by atoms with E-state index in [2.05, 4.69) is 0 Å². The van der Waals surface area contributed by atoms with Gasteiger partial charge in [0.2, 0.25) is 0 Å². The van der Waals surface area contributed by atoms with Crippen LogP contribution in [0, 0.1) is 0 Å². The fourth-order valence-corrected chi connectivity index (χ4v) is 3.76. The molecule has 80 valence electrons. The first-order valence-corrected chi connectivity index (χ1v) is 6.24. The molecule has 0 saturated heterocycles. The first kappa shape index (κ1) is 10.4. The molecule has 0 bridgehead atoms. The van der Waals surface area contributed by atoms with Crippen molar-refractivity contribution < 1.29 is 18.3 Å². The number of carbonyl (C=O) groups is 1. The molecular formula is C9H7ClO4S. The van der Waals surface area contributed by atoms with Crippen LogP contribution < -0.4 is 0 Å². The van der Waals surface area contributed by atoms with Gasteiger partial charge in [0.1, 0.15) is 0 Å². The minimum Gasteiger partial charge on any atom is -0.478 e. The Hall–Kier alpha value is -1.07. The molecule has 0 saturated carbocycles. The number of carboxylic acids is 1. The molecule has 15 heavy (non-hydrogen) atoms. The lowest BCUT2D eigenvalue weighted by atomic mass is 10.1. The summed E-state index contributed by atoms with van der Waals surface area (Å²) in [6.07, 6.45) is 0.289. The quantitative estimate of drug-likeness (QED) is 0.812. The van der Waals surface area contributed by atoms with Crippen molar-refractivity contribution in [1.29, 1.82) is 0 Å². The first-order chi connectivity index (χ1) is 6.93. The van der Waals surface area contributed by atoms with Gasteiger partial charge in [-0.15, -0.1) is 0 Å². The number of halogens is 1. The van der Waals surface area contributed by atoms with E-state index >= 15 is 0 Å². The molecule has 0 aliphatic carbocycles. The van der Waals surface area contributed by atoms with E-state index in [-0.39, 0.29) is 22.6 Å². The minimum atomic E-state index is -3.47. The molecule has 1 aliphatic rings. The van der Waals surface area contributed by atoms with Crippen LogP contribution in [0.1, 0.15) is 15.9 Å². The van der Waals surface area contributed by atoms with Gasteiger partial charge in [0.15, 0.2) is 9.84 Å². The van der Waals surface area contributed by atoms with Crippen molar-refractivity contribution in [3.8, 4) is 0 Å². The molecule has 0 spiro atoms. The van der Waals surface area contributed by atoms with Crippen LogP contribution in [0.15, 0.2) is 17.0 Å². The number of rotatable bonds is 1. The Balaban J connectivity index is 2.85. The van der Waals surface area contributed by atoms with E-state index in [0.29, 0.717) is 10.6 Å². The Kier molecular flexibility index (Phi) is 2.24. The molecule has 0 fully saturated rings. The van der Waals surface area contributed by atoms with Gasteiger partial charge in [-0.2, -0.15) is 0 Å². The highest BCUT2D eigenvalue weighted by Gasteiger charge is 2.33. The molecule has 6 heteroatoms. The normalized spacial score (nSPS) is 17.4. The number of aromatic carboxylic acids is 1. The highest BCUT2D eigenvalue weighted by atomic mass is 35.5. The highest BCUT2D eigenvalue weighted by molar-refractivity contribution is 7.91. The molecule has 0 amide bonds. The second kappa shape index (κ2) is 3.21. The van der Waals surface area contributed by atoms with Gasteiger partial charge in [-0.25, -0.2) is 13.2 Å². The fourth-order valence-electron chi connectivity index (χ4n) is 1.70.